The lowest BCUT2D eigenvalue weighted by atomic mass is 9.81. The second kappa shape index (κ2) is 8.87. The van der Waals surface area contributed by atoms with Crippen LogP contribution in [0.4, 0.5) is 0 Å². The molecular weight excluding hydrogens is 288 g/mol. The van der Waals surface area contributed by atoms with E-state index in [-0.39, 0.29) is 0 Å². The molecule has 0 heterocycles. The third-order valence-corrected chi connectivity index (χ3v) is 4.61. The molecule has 24 heavy (non-hydrogen) atoms. The largest absolute Gasteiger partial charge is 0.100 e. The molecule has 0 aliphatic heterocycles. The van der Waals surface area contributed by atoms with Crippen LogP contribution in [0.25, 0.3) is 0 Å². The standard InChI is InChI=1S/C22H28.C2H6/c1-14(2)10-22(20-9-8-15(3)11-18(20)6)21-13-17(5)16(4)12-19(21)7;1-2/h8-9,11-13,22H,1,10H2,2-7H3;1-2H3. The summed E-state index contributed by atoms with van der Waals surface area (Å²) in [6, 6.07) is 11.5. The van der Waals surface area contributed by atoms with Gasteiger partial charge in [0.2, 0.25) is 0 Å². The van der Waals surface area contributed by atoms with Gasteiger partial charge in [0.25, 0.3) is 0 Å². The van der Waals surface area contributed by atoms with E-state index in [4.69, 9.17) is 0 Å². The van der Waals surface area contributed by atoms with Gasteiger partial charge in [-0.3, -0.25) is 0 Å². The molecule has 0 aliphatic rings. The quantitative estimate of drug-likeness (QED) is 0.516. The van der Waals surface area contributed by atoms with E-state index in [9.17, 15) is 0 Å². The SMILES string of the molecule is C=C(C)CC(c1ccc(C)cc1C)c1cc(C)c(C)cc1C.CC. The van der Waals surface area contributed by atoms with Gasteiger partial charge in [0, 0.05) is 5.92 Å². The van der Waals surface area contributed by atoms with Crippen LogP contribution >= 0.6 is 0 Å². The highest BCUT2D eigenvalue weighted by Gasteiger charge is 2.19. The smallest absolute Gasteiger partial charge is 0.0132 e. The number of rotatable bonds is 4. The van der Waals surface area contributed by atoms with Crippen LogP contribution in [0.5, 0.6) is 0 Å². The zero-order chi connectivity index (χ0) is 18.4. The summed E-state index contributed by atoms with van der Waals surface area (Å²) in [7, 11) is 0. The maximum atomic E-state index is 4.16. The molecule has 0 N–H and O–H groups in total. The summed E-state index contributed by atoms with van der Waals surface area (Å²) < 4.78 is 0. The number of allylic oxidation sites excluding steroid dienone is 1. The molecule has 0 aromatic heterocycles. The van der Waals surface area contributed by atoms with Crippen molar-refractivity contribution < 1.29 is 0 Å². The molecule has 2 aromatic carbocycles. The predicted molar refractivity (Wildman–Crippen MR) is 109 cm³/mol. The number of hydrogen-bond donors (Lipinski definition) is 0. The lowest BCUT2D eigenvalue weighted by molar-refractivity contribution is 0.783. The normalized spacial score (nSPS) is 11.5. The first-order chi connectivity index (χ1) is 11.3. The minimum Gasteiger partial charge on any atom is -0.100 e. The molecule has 0 fully saturated rings. The highest BCUT2D eigenvalue weighted by molar-refractivity contribution is 5.46. The third-order valence-electron chi connectivity index (χ3n) is 4.61. The van der Waals surface area contributed by atoms with Crippen LogP contribution in [-0.2, 0) is 0 Å². The van der Waals surface area contributed by atoms with Gasteiger partial charge in [0.1, 0.15) is 0 Å². The fourth-order valence-corrected chi connectivity index (χ4v) is 3.31. The van der Waals surface area contributed by atoms with E-state index < -0.39 is 0 Å². The zero-order valence-corrected chi connectivity index (χ0v) is 16.9. The molecule has 0 saturated carbocycles. The van der Waals surface area contributed by atoms with Crippen molar-refractivity contribution in [2.45, 2.75) is 67.7 Å². The van der Waals surface area contributed by atoms with Crippen molar-refractivity contribution in [3.63, 3.8) is 0 Å². The summed E-state index contributed by atoms with van der Waals surface area (Å²) >= 11 is 0. The highest BCUT2D eigenvalue weighted by Crippen LogP contribution is 2.35. The van der Waals surface area contributed by atoms with Crippen LogP contribution in [0.1, 0.15) is 72.1 Å². The van der Waals surface area contributed by atoms with Gasteiger partial charge in [-0.2, -0.15) is 0 Å². The monoisotopic (exact) mass is 322 g/mol. The lowest BCUT2D eigenvalue weighted by Gasteiger charge is -2.23. The fourth-order valence-electron chi connectivity index (χ4n) is 3.31. The molecule has 130 valence electrons. The summed E-state index contributed by atoms with van der Waals surface area (Å²) in [4.78, 5) is 0. The maximum Gasteiger partial charge on any atom is 0.0132 e. The molecule has 0 radical (unpaired) electrons. The molecule has 0 amide bonds. The van der Waals surface area contributed by atoms with E-state index in [1.165, 1.54) is 44.5 Å². The maximum absolute atomic E-state index is 4.16. The second-order valence-electron chi connectivity index (χ2n) is 6.87. The van der Waals surface area contributed by atoms with Crippen LogP contribution in [0.3, 0.4) is 0 Å². The van der Waals surface area contributed by atoms with Crippen molar-refractivity contribution in [1.82, 2.24) is 0 Å². The van der Waals surface area contributed by atoms with Gasteiger partial charge in [0.05, 0.1) is 0 Å². The van der Waals surface area contributed by atoms with E-state index in [2.05, 4.69) is 78.5 Å². The summed E-state index contributed by atoms with van der Waals surface area (Å²) in [5.74, 6) is 0.400. The summed E-state index contributed by atoms with van der Waals surface area (Å²) in [6.45, 7) is 21.3. The molecule has 1 unspecified atom stereocenters. The lowest BCUT2D eigenvalue weighted by Crippen LogP contribution is -2.07. The van der Waals surface area contributed by atoms with Gasteiger partial charge in [-0.15, -0.1) is 6.58 Å². The predicted octanol–water partition coefficient (Wildman–Crippen LogP) is 7.35. The van der Waals surface area contributed by atoms with Gasteiger partial charge < -0.3 is 0 Å². The van der Waals surface area contributed by atoms with Gasteiger partial charge in [-0.25, -0.2) is 0 Å². The van der Waals surface area contributed by atoms with Crippen molar-refractivity contribution in [1.29, 1.82) is 0 Å². The van der Waals surface area contributed by atoms with Crippen molar-refractivity contribution in [2.75, 3.05) is 0 Å². The molecule has 0 saturated heterocycles. The first-order valence-corrected chi connectivity index (χ1v) is 9.09. The Bertz CT molecular complexity index is 704. The Morgan fingerprint density at radius 3 is 1.88 bits per heavy atom. The van der Waals surface area contributed by atoms with E-state index in [0.717, 1.165) is 6.42 Å². The number of hydrogen-bond acceptors (Lipinski definition) is 0. The summed E-state index contributed by atoms with van der Waals surface area (Å²) in [5.41, 5.74) is 10.9. The molecular formula is C24H34. The van der Waals surface area contributed by atoms with Gasteiger partial charge in [-0.1, -0.05) is 55.3 Å². The topological polar surface area (TPSA) is 0 Å². The molecule has 0 bridgehead atoms. The average molecular weight is 323 g/mol. The Labute approximate surface area is 149 Å². The van der Waals surface area contributed by atoms with Crippen molar-refractivity contribution >= 4 is 0 Å². The van der Waals surface area contributed by atoms with E-state index in [1.807, 2.05) is 13.8 Å². The van der Waals surface area contributed by atoms with Crippen molar-refractivity contribution in [3.8, 4) is 0 Å². The molecule has 0 aliphatic carbocycles. The van der Waals surface area contributed by atoms with E-state index in [0.29, 0.717) is 5.92 Å². The average Bonchev–Trinajstić information content (AvgIpc) is 2.51. The molecule has 1 atom stereocenters. The van der Waals surface area contributed by atoms with E-state index in [1.54, 1.807) is 0 Å². The Morgan fingerprint density at radius 2 is 1.33 bits per heavy atom. The Balaban J connectivity index is 0.00000139. The highest BCUT2D eigenvalue weighted by atomic mass is 14.2. The molecule has 0 spiro atoms. The van der Waals surface area contributed by atoms with Gasteiger partial charge in [-0.05, 0) is 81.3 Å². The fraction of sp³-hybridized carbons (Fsp3) is 0.417. The zero-order valence-electron chi connectivity index (χ0n) is 16.9. The molecule has 2 rings (SSSR count). The van der Waals surface area contributed by atoms with Crippen LogP contribution in [-0.4, -0.2) is 0 Å². The Kier molecular flexibility index (Phi) is 7.48. The Hall–Kier alpha value is -1.82. The van der Waals surface area contributed by atoms with Gasteiger partial charge in [0.15, 0.2) is 0 Å². The first kappa shape index (κ1) is 20.2. The van der Waals surface area contributed by atoms with Crippen LogP contribution in [0, 0.1) is 34.6 Å². The third kappa shape index (κ3) is 4.84. The van der Waals surface area contributed by atoms with E-state index >= 15 is 0 Å². The van der Waals surface area contributed by atoms with Crippen LogP contribution in [0.15, 0.2) is 42.5 Å². The van der Waals surface area contributed by atoms with Gasteiger partial charge >= 0.3 is 0 Å². The summed E-state index contributed by atoms with van der Waals surface area (Å²) in [5, 5.41) is 0. The first-order valence-electron chi connectivity index (χ1n) is 9.09. The molecule has 0 nitrogen and oxygen atoms in total. The Morgan fingerprint density at radius 1 is 0.792 bits per heavy atom. The van der Waals surface area contributed by atoms with Crippen LogP contribution < -0.4 is 0 Å². The number of aryl methyl sites for hydroxylation is 5. The van der Waals surface area contributed by atoms with Crippen LogP contribution in [0.2, 0.25) is 0 Å². The minimum atomic E-state index is 0.400. The minimum absolute atomic E-state index is 0.400. The second-order valence-corrected chi connectivity index (χ2v) is 6.87. The van der Waals surface area contributed by atoms with Crippen molar-refractivity contribution in [3.05, 3.63) is 81.4 Å². The summed E-state index contributed by atoms with van der Waals surface area (Å²) in [6.07, 6.45) is 1.01. The van der Waals surface area contributed by atoms with Crippen molar-refractivity contribution in [2.24, 2.45) is 0 Å². The molecule has 0 heteroatoms. The molecule has 2 aromatic rings. The number of benzene rings is 2.